The van der Waals surface area contributed by atoms with Crippen LogP contribution in [0.5, 0.6) is 5.75 Å². The van der Waals surface area contributed by atoms with Crippen molar-refractivity contribution in [2.45, 2.75) is 51.4 Å². The predicted molar refractivity (Wildman–Crippen MR) is 113 cm³/mol. The zero-order chi connectivity index (χ0) is 18.5. The molecule has 0 atom stereocenters. The van der Waals surface area contributed by atoms with Gasteiger partial charge in [0.05, 0.1) is 6.61 Å². The first-order valence-electron chi connectivity index (χ1n) is 10.2. The number of unbranched alkanes of at least 4 members (excludes halogenated alkanes) is 7. The average molecular weight is 354 g/mol. The van der Waals surface area contributed by atoms with Gasteiger partial charge in [0, 0.05) is 5.56 Å². The van der Waals surface area contributed by atoms with E-state index in [1.165, 1.54) is 62.6 Å². The molecule has 2 aromatic rings. The second kappa shape index (κ2) is 12.5. The van der Waals surface area contributed by atoms with Crippen LogP contribution < -0.4 is 4.74 Å². The Balaban J connectivity index is 1.57. The van der Waals surface area contributed by atoms with E-state index >= 15 is 0 Å². The number of rotatable bonds is 13. The van der Waals surface area contributed by atoms with E-state index in [0.717, 1.165) is 18.8 Å². The van der Waals surface area contributed by atoms with Crippen molar-refractivity contribution < 1.29 is 4.74 Å². The van der Waals surface area contributed by atoms with Crippen LogP contribution >= 0.6 is 0 Å². The molecule has 0 saturated heterocycles. The van der Waals surface area contributed by atoms with E-state index < -0.39 is 0 Å². The summed E-state index contributed by atoms with van der Waals surface area (Å²) in [5, 5.41) is 0. The van der Waals surface area contributed by atoms with E-state index in [1.807, 2.05) is 0 Å². The lowest BCUT2D eigenvalue weighted by Crippen LogP contribution is -2.12. The summed E-state index contributed by atoms with van der Waals surface area (Å²) in [4.78, 5) is 2.27. The second-order valence-electron chi connectivity index (χ2n) is 7.34. The molecule has 0 aliphatic heterocycles. The van der Waals surface area contributed by atoms with Crippen LogP contribution in [0.3, 0.4) is 0 Å². The summed E-state index contributed by atoms with van der Waals surface area (Å²) in [6.07, 6.45) is 10.6. The predicted octanol–water partition coefficient (Wildman–Crippen LogP) is 6.41. The first-order chi connectivity index (χ1) is 12.8. The maximum Gasteiger partial charge on any atom is 0.127 e. The van der Waals surface area contributed by atoms with Crippen LogP contribution in [-0.4, -0.2) is 32.1 Å². The summed E-state index contributed by atoms with van der Waals surface area (Å²) in [6.45, 7) is 2.04. The first-order valence-corrected chi connectivity index (χ1v) is 10.2. The molecule has 0 aliphatic carbocycles. The number of hydrogen-bond donors (Lipinski definition) is 0. The van der Waals surface area contributed by atoms with E-state index in [9.17, 15) is 0 Å². The van der Waals surface area contributed by atoms with Crippen molar-refractivity contribution in [3.8, 4) is 16.9 Å². The zero-order valence-electron chi connectivity index (χ0n) is 16.6. The Bertz CT molecular complexity index is 594. The minimum absolute atomic E-state index is 0.812. The van der Waals surface area contributed by atoms with E-state index in [0.29, 0.717) is 0 Å². The van der Waals surface area contributed by atoms with Gasteiger partial charge in [-0.05, 0) is 45.1 Å². The van der Waals surface area contributed by atoms with Gasteiger partial charge in [-0.3, -0.25) is 0 Å². The maximum atomic E-state index is 6.07. The quantitative estimate of drug-likeness (QED) is 0.385. The molecule has 2 heteroatoms. The molecule has 0 spiro atoms. The minimum Gasteiger partial charge on any atom is -0.493 e. The monoisotopic (exact) mass is 353 g/mol. The first kappa shape index (κ1) is 20.5. The van der Waals surface area contributed by atoms with Crippen LogP contribution in [-0.2, 0) is 0 Å². The van der Waals surface area contributed by atoms with E-state index in [4.69, 9.17) is 4.74 Å². The van der Waals surface area contributed by atoms with Crippen LogP contribution in [0.15, 0.2) is 54.6 Å². The third-order valence-electron chi connectivity index (χ3n) is 4.73. The molecule has 0 aliphatic rings. The fourth-order valence-electron chi connectivity index (χ4n) is 3.22. The summed E-state index contributed by atoms with van der Waals surface area (Å²) in [6, 6.07) is 18.8. The standard InChI is InChI=1S/C24H35NO/c1-25(2)20-14-7-5-3-4-6-8-15-21-26-24-19-13-12-18-23(24)22-16-10-9-11-17-22/h9-13,16-19H,3-8,14-15,20-21H2,1-2H3. The van der Waals surface area contributed by atoms with Crippen molar-refractivity contribution in [1.29, 1.82) is 0 Å². The zero-order valence-corrected chi connectivity index (χ0v) is 16.6. The summed E-state index contributed by atoms with van der Waals surface area (Å²) in [5.41, 5.74) is 2.41. The highest BCUT2D eigenvalue weighted by molar-refractivity contribution is 5.70. The molecule has 0 amide bonds. The third kappa shape index (κ3) is 8.05. The summed E-state index contributed by atoms with van der Waals surface area (Å²) in [5.74, 6) is 1.000. The molecule has 2 aromatic carbocycles. The second-order valence-corrected chi connectivity index (χ2v) is 7.34. The lowest BCUT2D eigenvalue weighted by atomic mass is 10.0. The minimum atomic E-state index is 0.812. The summed E-state index contributed by atoms with van der Waals surface area (Å²) < 4.78 is 6.07. The van der Waals surface area contributed by atoms with Gasteiger partial charge >= 0.3 is 0 Å². The highest BCUT2D eigenvalue weighted by Gasteiger charge is 2.04. The van der Waals surface area contributed by atoms with Gasteiger partial charge in [-0.2, -0.15) is 0 Å². The normalized spacial score (nSPS) is 11.0. The summed E-state index contributed by atoms with van der Waals surface area (Å²) >= 11 is 0. The molecule has 26 heavy (non-hydrogen) atoms. The van der Waals surface area contributed by atoms with Crippen LogP contribution in [0, 0.1) is 0 Å². The molecule has 0 unspecified atom stereocenters. The summed E-state index contributed by atoms with van der Waals surface area (Å²) in [7, 11) is 4.31. The SMILES string of the molecule is CN(C)CCCCCCCCCCOc1ccccc1-c1ccccc1. The van der Waals surface area contributed by atoms with Crippen molar-refractivity contribution >= 4 is 0 Å². The van der Waals surface area contributed by atoms with E-state index in [1.54, 1.807) is 0 Å². The number of nitrogens with zero attached hydrogens (tertiary/aromatic N) is 1. The lowest BCUT2D eigenvalue weighted by Gasteiger charge is -2.11. The number of hydrogen-bond acceptors (Lipinski definition) is 2. The highest BCUT2D eigenvalue weighted by atomic mass is 16.5. The van der Waals surface area contributed by atoms with Crippen molar-refractivity contribution in [2.24, 2.45) is 0 Å². The Morgan fingerprint density at radius 2 is 1.23 bits per heavy atom. The Kier molecular flexibility index (Phi) is 9.89. The largest absolute Gasteiger partial charge is 0.493 e. The molecule has 0 saturated carbocycles. The number of benzene rings is 2. The maximum absolute atomic E-state index is 6.07. The number of para-hydroxylation sites is 1. The fourth-order valence-corrected chi connectivity index (χ4v) is 3.22. The van der Waals surface area contributed by atoms with Gasteiger partial charge in [-0.1, -0.05) is 87.1 Å². The van der Waals surface area contributed by atoms with Crippen LogP contribution in [0.25, 0.3) is 11.1 Å². The van der Waals surface area contributed by atoms with Crippen molar-refractivity contribution in [3.63, 3.8) is 0 Å². The fraction of sp³-hybridized carbons (Fsp3) is 0.500. The molecule has 0 N–H and O–H groups in total. The van der Waals surface area contributed by atoms with Crippen molar-refractivity contribution in [2.75, 3.05) is 27.2 Å². The Morgan fingerprint density at radius 1 is 0.654 bits per heavy atom. The molecule has 2 rings (SSSR count). The lowest BCUT2D eigenvalue weighted by molar-refractivity contribution is 0.305. The Morgan fingerprint density at radius 3 is 1.92 bits per heavy atom. The van der Waals surface area contributed by atoms with Gasteiger partial charge in [0.15, 0.2) is 0 Å². The van der Waals surface area contributed by atoms with Crippen molar-refractivity contribution in [1.82, 2.24) is 4.90 Å². The Hall–Kier alpha value is -1.80. The molecule has 0 fully saturated rings. The molecular weight excluding hydrogens is 318 g/mol. The van der Waals surface area contributed by atoms with Gasteiger partial charge in [0.2, 0.25) is 0 Å². The van der Waals surface area contributed by atoms with Gasteiger partial charge in [-0.25, -0.2) is 0 Å². The van der Waals surface area contributed by atoms with Gasteiger partial charge in [-0.15, -0.1) is 0 Å². The van der Waals surface area contributed by atoms with Gasteiger partial charge < -0.3 is 9.64 Å². The van der Waals surface area contributed by atoms with Crippen LogP contribution in [0.4, 0.5) is 0 Å². The van der Waals surface area contributed by atoms with E-state index in [2.05, 4.69) is 73.6 Å². The molecule has 0 bridgehead atoms. The molecule has 0 radical (unpaired) electrons. The average Bonchev–Trinajstić information content (AvgIpc) is 2.67. The van der Waals surface area contributed by atoms with E-state index in [-0.39, 0.29) is 0 Å². The molecule has 142 valence electrons. The van der Waals surface area contributed by atoms with Gasteiger partial charge in [0.25, 0.3) is 0 Å². The van der Waals surface area contributed by atoms with Crippen LogP contribution in [0.2, 0.25) is 0 Å². The third-order valence-corrected chi connectivity index (χ3v) is 4.73. The highest BCUT2D eigenvalue weighted by Crippen LogP contribution is 2.29. The smallest absolute Gasteiger partial charge is 0.127 e. The molecule has 2 nitrogen and oxygen atoms in total. The van der Waals surface area contributed by atoms with Crippen LogP contribution in [0.1, 0.15) is 51.4 Å². The Labute approximate surface area is 160 Å². The van der Waals surface area contributed by atoms with Gasteiger partial charge in [0.1, 0.15) is 5.75 Å². The molecule has 0 heterocycles. The topological polar surface area (TPSA) is 12.5 Å². The molecule has 0 aromatic heterocycles. The van der Waals surface area contributed by atoms with Crippen molar-refractivity contribution in [3.05, 3.63) is 54.6 Å². The number of ether oxygens (including phenoxy) is 1. The molecular formula is C24H35NO.